The van der Waals surface area contributed by atoms with Crippen molar-refractivity contribution in [2.45, 2.75) is 6.92 Å². The van der Waals surface area contributed by atoms with Gasteiger partial charge in [-0.1, -0.05) is 24.3 Å². The minimum atomic E-state index is -5.15. The molecule has 0 aromatic heterocycles. The Labute approximate surface area is 151 Å². The van der Waals surface area contributed by atoms with Crippen molar-refractivity contribution < 1.29 is 21.8 Å². The van der Waals surface area contributed by atoms with Crippen molar-refractivity contribution in [3.05, 3.63) is 53.6 Å². The molecule has 1 aliphatic rings. The third-order valence-corrected chi connectivity index (χ3v) is 5.39. The molecule has 2 aromatic rings. The molecule has 136 valence electrons. The quantitative estimate of drug-likeness (QED) is 0.264. The summed E-state index contributed by atoms with van der Waals surface area (Å²) >= 11 is -5.15. The van der Waals surface area contributed by atoms with E-state index in [1.807, 2.05) is 24.3 Å². The second-order valence-electron chi connectivity index (χ2n) is 5.35. The zero-order valence-corrected chi connectivity index (χ0v) is 15.5. The molecule has 0 saturated heterocycles. The number of carbonyl (C=O) groups is 1. The first-order chi connectivity index (χ1) is 12.1. The van der Waals surface area contributed by atoms with Crippen LogP contribution in [-0.4, -0.2) is 45.0 Å². The molecule has 1 heterocycles. The van der Waals surface area contributed by atoms with E-state index >= 15 is 0 Å². The summed E-state index contributed by atoms with van der Waals surface area (Å²) < 4.78 is 28.4. The van der Waals surface area contributed by atoms with Gasteiger partial charge >= 0.3 is 88.1 Å². The molecule has 0 unspecified atom stereocenters. The van der Waals surface area contributed by atoms with Gasteiger partial charge in [-0.3, -0.25) is 10.8 Å². The Morgan fingerprint density at radius 3 is 2.08 bits per heavy atom. The van der Waals surface area contributed by atoms with Gasteiger partial charge in [0, 0.05) is 11.1 Å². The number of carbonyl (C=O) groups excluding carboxylic acids is 1. The average molecular weight is 420 g/mol. The SMILES string of the molecule is CC(=O)Nc1ccc(O)c([As](=O)(O)O)c1.N=C1NC(=N)c2ccccc21. The second-order valence-corrected chi connectivity index (χ2v) is 8.64. The number of rotatable bonds is 2. The van der Waals surface area contributed by atoms with Crippen LogP contribution in [0.15, 0.2) is 42.5 Å². The maximum absolute atomic E-state index is 11.0. The van der Waals surface area contributed by atoms with Crippen LogP contribution >= 0.6 is 0 Å². The van der Waals surface area contributed by atoms with Crippen LogP contribution in [0.2, 0.25) is 0 Å². The zero-order chi connectivity index (χ0) is 19.5. The number of amides is 1. The van der Waals surface area contributed by atoms with Crippen LogP contribution in [0.3, 0.4) is 0 Å². The van der Waals surface area contributed by atoms with Gasteiger partial charge in [-0.2, -0.15) is 0 Å². The number of phenols is 1. The Morgan fingerprint density at radius 1 is 1.08 bits per heavy atom. The summed E-state index contributed by atoms with van der Waals surface area (Å²) in [5.74, 6) is -0.183. The Morgan fingerprint density at radius 2 is 1.62 bits per heavy atom. The van der Waals surface area contributed by atoms with Crippen LogP contribution in [0.25, 0.3) is 0 Å². The molecule has 0 aliphatic carbocycles. The van der Waals surface area contributed by atoms with Crippen LogP contribution in [0.4, 0.5) is 5.69 Å². The number of benzene rings is 2. The molecular weight excluding hydrogens is 403 g/mol. The fraction of sp³-hybridized carbons (Fsp3) is 0.0625. The van der Waals surface area contributed by atoms with E-state index in [0.717, 1.165) is 23.3 Å². The van der Waals surface area contributed by atoms with Gasteiger partial charge in [0.25, 0.3) is 0 Å². The summed E-state index contributed by atoms with van der Waals surface area (Å²) in [6.45, 7) is 1.27. The van der Waals surface area contributed by atoms with Crippen molar-refractivity contribution in [2.75, 3.05) is 5.32 Å². The smallest absolute Gasteiger partial charge is 0.131 e. The van der Waals surface area contributed by atoms with Gasteiger partial charge in [0.15, 0.2) is 0 Å². The Hall–Kier alpha value is -2.87. The Bertz CT molecular complexity index is 905. The molecule has 9 nitrogen and oxygen atoms in total. The maximum atomic E-state index is 11.0. The predicted octanol–water partition coefficient (Wildman–Crippen LogP) is -0.148. The summed E-state index contributed by atoms with van der Waals surface area (Å²) in [7, 11) is 0. The summed E-state index contributed by atoms with van der Waals surface area (Å²) in [5.41, 5.74) is 1.87. The molecule has 0 atom stereocenters. The number of hydrogen-bond donors (Lipinski definition) is 7. The van der Waals surface area contributed by atoms with Crippen molar-refractivity contribution >= 4 is 41.8 Å². The maximum Gasteiger partial charge on any atom is 0.131 e. The predicted molar refractivity (Wildman–Crippen MR) is 96.2 cm³/mol. The number of hydrogen-bond acceptors (Lipinski definition) is 5. The van der Waals surface area contributed by atoms with Gasteiger partial charge in [-0.25, -0.2) is 0 Å². The van der Waals surface area contributed by atoms with Gasteiger partial charge in [-0.15, -0.1) is 0 Å². The molecule has 1 amide bonds. The fourth-order valence-corrected chi connectivity index (χ4v) is 3.64. The summed E-state index contributed by atoms with van der Waals surface area (Å²) in [4.78, 5) is 10.7. The first kappa shape index (κ1) is 19.5. The summed E-state index contributed by atoms with van der Waals surface area (Å²) in [6, 6.07) is 11.0. The number of amidine groups is 2. The van der Waals surface area contributed by atoms with Gasteiger partial charge in [-0.05, 0) is 0 Å². The standard InChI is InChI=1S/C8H10AsNO5.C8H7N3/c1-5(11)10-6-2-3-8(12)7(4-6)9(13,14)15;9-7-5-3-1-2-4-6(5)8(10)11-7/h2-4,12H,1H3,(H,10,11)(H2,13,14,15);1-4H,(H3,9,10,11). The molecule has 0 saturated carbocycles. The van der Waals surface area contributed by atoms with Crippen LogP contribution in [-0.2, 0) is 8.53 Å². The van der Waals surface area contributed by atoms with Crippen LogP contribution in [0.5, 0.6) is 5.75 Å². The van der Waals surface area contributed by atoms with Crippen molar-refractivity contribution in [1.29, 1.82) is 10.8 Å². The summed E-state index contributed by atoms with van der Waals surface area (Å²) in [5, 5.41) is 29.0. The van der Waals surface area contributed by atoms with Crippen molar-refractivity contribution in [3.8, 4) is 5.75 Å². The molecule has 3 rings (SSSR count). The molecule has 26 heavy (non-hydrogen) atoms. The van der Waals surface area contributed by atoms with Gasteiger partial charge in [0.2, 0.25) is 0 Å². The van der Waals surface area contributed by atoms with Crippen molar-refractivity contribution in [2.24, 2.45) is 0 Å². The molecule has 0 bridgehead atoms. The normalized spacial score (nSPS) is 12.6. The van der Waals surface area contributed by atoms with Crippen molar-refractivity contribution in [3.63, 3.8) is 0 Å². The number of fused-ring (bicyclic) bond motifs is 1. The van der Waals surface area contributed by atoms with Crippen LogP contribution in [0.1, 0.15) is 18.1 Å². The first-order valence-corrected chi connectivity index (χ1v) is 10.7. The van der Waals surface area contributed by atoms with Crippen LogP contribution < -0.4 is 15.0 Å². The van der Waals surface area contributed by atoms with E-state index in [9.17, 15) is 13.6 Å². The molecule has 7 N–H and O–H groups in total. The molecule has 0 radical (unpaired) electrons. The number of anilines is 1. The largest absolute Gasteiger partial charge is 0.325 e. The fourth-order valence-electron chi connectivity index (χ4n) is 2.22. The molecular formula is C16H17AsN4O5. The van der Waals surface area contributed by atoms with E-state index in [-0.39, 0.29) is 11.6 Å². The van der Waals surface area contributed by atoms with Gasteiger partial charge in [0.1, 0.15) is 11.7 Å². The third-order valence-electron chi connectivity index (χ3n) is 3.33. The molecule has 10 heteroatoms. The number of phenolic OH excluding ortho intramolecular Hbond substituents is 1. The Kier molecular flexibility index (Phi) is 5.66. The number of nitrogens with one attached hydrogen (secondary N) is 4. The minimum Gasteiger partial charge on any atom is -0.325 e. The van der Waals surface area contributed by atoms with Gasteiger partial charge < -0.3 is 5.32 Å². The Balaban J connectivity index is 0.000000195. The van der Waals surface area contributed by atoms with Crippen molar-refractivity contribution in [1.82, 2.24) is 5.32 Å². The monoisotopic (exact) mass is 420 g/mol. The topological polar surface area (TPSA) is 167 Å². The van der Waals surface area contributed by atoms with E-state index in [0.29, 0.717) is 11.7 Å². The van der Waals surface area contributed by atoms with E-state index in [4.69, 9.17) is 19.0 Å². The molecule has 0 fully saturated rings. The second kappa shape index (κ2) is 7.57. The van der Waals surface area contributed by atoms with E-state index < -0.39 is 24.3 Å². The van der Waals surface area contributed by atoms with Gasteiger partial charge in [0.05, 0.1) is 0 Å². The molecule has 2 aromatic carbocycles. The minimum absolute atomic E-state index is 0.236. The molecule has 0 spiro atoms. The third kappa shape index (κ3) is 4.60. The van der Waals surface area contributed by atoms with E-state index in [2.05, 4.69) is 10.6 Å². The zero-order valence-electron chi connectivity index (χ0n) is 13.6. The average Bonchev–Trinajstić information content (AvgIpc) is 2.84. The first-order valence-electron chi connectivity index (χ1n) is 7.30. The number of aromatic hydroxyl groups is 1. The van der Waals surface area contributed by atoms with E-state index in [1.54, 1.807) is 0 Å². The molecule has 1 aliphatic heterocycles. The van der Waals surface area contributed by atoms with E-state index in [1.165, 1.54) is 13.0 Å². The summed E-state index contributed by atoms with van der Waals surface area (Å²) in [6.07, 6.45) is 0. The van der Waals surface area contributed by atoms with Crippen LogP contribution in [0, 0.1) is 10.8 Å².